The molecule has 2 aromatic heterocycles. The van der Waals surface area contributed by atoms with Gasteiger partial charge in [0, 0.05) is 18.0 Å². The normalized spacial score (nSPS) is 19.0. The standard InChI is InChI=1S/C14H19N3O2S/c1-8-9(2)20-14-12(8)13(18)16-11(17-14)6-15-5-10-3-4-19-7-10/h10,15H,3-7H2,1-2H3,(H,16,17,18). The maximum atomic E-state index is 12.1. The molecule has 1 atom stereocenters. The number of aromatic amines is 1. The number of hydrogen-bond donors (Lipinski definition) is 2. The van der Waals surface area contributed by atoms with Crippen molar-refractivity contribution in [2.24, 2.45) is 5.92 Å². The molecule has 0 saturated carbocycles. The molecule has 6 heteroatoms. The van der Waals surface area contributed by atoms with E-state index in [2.05, 4.69) is 15.3 Å². The summed E-state index contributed by atoms with van der Waals surface area (Å²) in [5, 5.41) is 4.09. The van der Waals surface area contributed by atoms with Gasteiger partial charge in [-0.2, -0.15) is 0 Å². The molecule has 0 amide bonds. The van der Waals surface area contributed by atoms with Gasteiger partial charge < -0.3 is 15.0 Å². The zero-order valence-corrected chi connectivity index (χ0v) is 12.6. The Balaban J connectivity index is 1.73. The van der Waals surface area contributed by atoms with Crippen molar-refractivity contribution < 1.29 is 4.74 Å². The molecule has 2 aromatic rings. The first-order valence-corrected chi connectivity index (χ1v) is 7.74. The van der Waals surface area contributed by atoms with Gasteiger partial charge in [0.25, 0.3) is 5.56 Å². The second-order valence-corrected chi connectivity index (χ2v) is 6.54. The van der Waals surface area contributed by atoms with Crippen molar-refractivity contribution in [1.29, 1.82) is 0 Å². The van der Waals surface area contributed by atoms with Gasteiger partial charge in [0.1, 0.15) is 10.7 Å². The molecule has 1 aliphatic rings. The Labute approximate surface area is 121 Å². The van der Waals surface area contributed by atoms with Gasteiger partial charge in [-0.15, -0.1) is 11.3 Å². The molecule has 0 spiro atoms. The van der Waals surface area contributed by atoms with Crippen LogP contribution in [0.3, 0.4) is 0 Å². The topological polar surface area (TPSA) is 67.0 Å². The monoisotopic (exact) mass is 293 g/mol. The predicted molar refractivity (Wildman–Crippen MR) is 80.3 cm³/mol. The highest BCUT2D eigenvalue weighted by molar-refractivity contribution is 7.18. The summed E-state index contributed by atoms with van der Waals surface area (Å²) in [4.78, 5) is 21.5. The summed E-state index contributed by atoms with van der Waals surface area (Å²) in [5.74, 6) is 1.29. The van der Waals surface area contributed by atoms with Crippen LogP contribution in [0.1, 0.15) is 22.7 Å². The van der Waals surface area contributed by atoms with E-state index in [4.69, 9.17) is 4.74 Å². The summed E-state index contributed by atoms with van der Waals surface area (Å²) < 4.78 is 5.34. The number of H-pyrrole nitrogens is 1. The quantitative estimate of drug-likeness (QED) is 0.901. The average molecular weight is 293 g/mol. The van der Waals surface area contributed by atoms with Crippen molar-refractivity contribution in [2.75, 3.05) is 19.8 Å². The molecule has 2 N–H and O–H groups in total. The van der Waals surface area contributed by atoms with E-state index >= 15 is 0 Å². The van der Waals surface area contributed by atoms with Crippen LogP contribution in [0.25, 0.3) is 10.2 Å². The van der Waals surface area contributed by atoms with Gasteiger partial charge in [-0.3, -0.25) is 4.79 Å². The fourth-order valence-corrected chi connectivity index (χ4v) is 3.57. The molecule has 1 unspecified atom stereocenters. The lowest BCUT2D eigenvalue weighted by molar-refractivity contribution is 0.185. The van der Waals surface area contributed by atoms with Gasteiger partial charge in [0.15, 0.2) is 0 Å². The van der Waals surface area contributed by atoms with Crippen LogP contribution in [0.5, 0.6) is 0 Å². The lowest BCUT2D eigenvalue weighted by atomic mass is 10.1. The first kappa shape index (κ1) is 13.7. The molecule has 1 aliphatic heterocycles. The van der Waals surface area contributed by atoms with Crippen LogP contribution in [-0.2, 0) is 11.3 Å². The number of hydrogen-bond acceptors (Lipinski definition) is 5. The van der Waals surface area contributed by atoms with E-state index in [0.29, 0.717) is 18.3 Å². The highest BCUT2D eigenvalue weighted by atomic mass is 32.1. The third-order valence-electron chi connectivity index (χ3n) is 3.84. The molecule has 5 nitrogen and oxygen atoms in total. The van der Waals surface area contributed by atoms with Crippen LogP contribution in [0.15, 0.2) is 4.79 Å². The molecule has 20 heavy (non-hydrogen) atoms. The van der Waals surface area contributed by atoms with E-state index in [1.807, 2.05) is 13.8 Å². The fraction of sp³-hybridized carbons (Fsp3) is 0.571. The van der Waals surface area contributed by atoms with Crippen LogP contribution in [-0.4, -0.2) is 29.7 Å². The zero-order valence-electron chi connectivity index (χ0n) is 11.8. The SMILES string of the molecule is Cc1sc2nc(CNCC3CCOC3)[nH]c(=O)c2c1C. The molecule has 0 aromatic carbocycles. The van der Waals surface area contributed by atoms with Gasteiger partial charge in [0.2, 0.25) is 0 Å². The van der Waals surface area contributed by atoms with Crippen LogP contribution < -0.4 is 10.9 Å². The number of nitrogens with one attached hydrogen (secondary N) is 2. The lowest BCUT2D eigenvalue weighted by Crippen LogP contribution is -2.25. The summed E-state index contributed by atoms with van der Waals surface area (Å²) in [5.41, 5.74) is 1.01. The van der Waals surface area contributed by atoms with Crippen LogP contribution in [0.2, 0.25) is 0 Å². The van der Waals surface area contributed by atoms with Gasteiger partial charge in [-0.25, -0.2) is 4.98 Å². The molecular formula is C14H19N3O2S. The van der Waals surface area contributed by atoms with Crippen molar-refractivity contribution in [3.63, 3.8) is 0 Å². The summed E-state index contributed by atoms with van der Waals surface area (Å²) in [6.07, 6.45) is 1.11. The highest BCUT2D eigenvalue weighted by Crippen LogP contribution is 2.25. The van der Waals surface area contributed by atoms with Gasteiger partial charge >= 0.3 is 0 Å². The molecular weight excluding hydrogens is 274 g/mol. The third kappa shape index (κ3) is 2.63. The van der Waals surface area contributed by atoms with Crippen LogP contribution in [0.4, 0.5) is 0 Å². The van der Waals surface area contributed by atoms with Crippen molar-refractivity contribution in [2.45, 2.75) is 26.8 Å². The second kappa shape index (κ2) is 5.63. The minimum atomic E-state index is -0.0298. The number of thiophene rings is 1. The molecule has 1 fully saturated rings. The largest absolute Gasteiger partial charge is 0.381 e. The van der Waals surface area contributed by atoms with Gasteiger partial charge in [-0.1, -0.05) is 0 Å². The predicted octanol–water partition coefficient (Wildman–Crippen LogP) is 1.73. The van der Waals surface area contributed by atoms with E-state index in [0.717, 1.165) is 46.8 Å². The summed E-state index contributed by atoms with van der Waals surface area (Å²) in [6, 6.07) is 0. The maximum absolute atomic E-state index is 12.1. The van der Waals surface area contributed by atoms with Crippen LogP contribution >= 0.6 is 11.3 Å². The van der Waals surface area contributed by atoms with Crippen LogP contribution in [0, 0.1) is 19.8 Å². The number of nitrogens with zero attached hydrogens (tertiary/aromatic N) is 1. The van der Waals surface area contributed by atoms with E-state index in [-0.39, 0.29) is 5.56 Å². The van der Waals surface area contributed by atoms with E-state index < -0.39 is 0 Å². The molecule has 3 rings (SSSR count). The lowest BCUT2D eigenvalue weighted by Gasteiger charge is -2.08. The summed E-state index contributed by atoms with van der Waals surface area (Å²) in [6.45, 7) is 7.20. The van der Waals surface area contributed by atoms with E-state index in [9.17, 15) is 4.79 Å². The van der Waals surface area contributed by atoms with E-state index in [1.54, 1.807) is 11.3 Å². The van der Waals surface area contributed by atoms with Gasteiger partial charge in [0.05, 0.1) is 18.5 Å². The zero-order chi connectivity index (χ0) is 14.1. The second-order valence-electron chi connectivity index (χ2n) is 5.34. The fourth-order valence-electron chi connectivity index (χ4n) is 2.52. The third-order valence-corrected chi connectivity index (χ3v) is 4.94. The number of aromatic nitrogens is 2. The highest BCUT2D eigenvalue weighted by Gasteiger charge is 2.15. The number of rotatable bonds is 4. The van der Waals surface area contributed by atoms with Crippen molar-refractivity contribution in [3.8, 4) is 0 Å². The Bertz CT molecular complexity index is 671. The van der Waals surface area contributed by atoms with Crippen molar-refractivity contribution in [3.05, 3.63) is 26.6 Å². The summed E-state index contributed by atoms with van der Waals surface area (Å²) in [7, 11) is 0. The molecule has 0 bridgehead atoms. The minimum absolute atomic E-state index is 0.0298. The Morgan fingerprint density at radius 2 is 2.35 bits per heavy atom. The minimum Gasteiger partial charge on any atom is -0.381 e. The Morgan fingerprint density at radius 3 is 3.10 bits per heavy atom. The molecule has 0 aliphatic carbocycles. The molecule has 1 saturated heterocycles. The van der Waals surface area contributed by atoms with Crippen molar-refractivity contribution in [1.82, 2.24) is 15.3 Å². The smallest absolute Gasteiger partial charge is 0.259 e. The average Bonchev–Trinajstić information content (AvgIpc) is 2.99. The molecule has 108 valence electrons. The first-order valence-electron chi connectivity index (χ1n) is 6.92. The van der Waals surface area contributed by atoms with E-state index in [1.165, 1.54) is 0 Å². The van der Waals surface area contributed by atoms with Crippen molar-refractivity contribution >= 4 is 21.6 Å². The Morgan fingerprint density at radius 1 is 1.50 bits per heavy atom. The Kier molecular flexibility index (Phi) is 3.87. The van der Waals surface area contributed by atoms with Gasteiger partial charge in [-0.05, 0) is 31.7 Å². The number of aryl methyl sites for hydroxylation is 2. The first-order chi connectivity index (χ1) is 9.65. The molecule has 3 heterocycles. The molecule has 0 radical (unpaired) electrons. The summed E-state index contributed by atoms with van der Waals surface area (Å²) >= 11 is 1.59. The number of ether oxygens (including phenoxy) is 1. The maximum Gasteiger partial charge on any atom is 0.259 e. The Hall–Kier alpha value is -1.24. The number of fused-ring (bicyclic) bond motifs is 1.